The molecule has 0 spiro atoms. The minimum atomic E-state index is -0.426. The van der Waals surface area contributed by atoms with Gasteiger partial charge in [-0.1, -0.05) is 88.3 Å². The zero-order valence-electron chi connectivity index (χ0n) is 31.3. The summed E-state index contributed by atoms with van der Waals surface area (Å²) in [5, 5.41) is 28.9. The van der Waals surface area contributed by atoms with Crippen LogP contribution in [0.4, 0.5) is 0 Å². The van der Waals surface area contributed by atoms with Gasteiger partial charge in [0.2, 0.25) is 6.54 Å². The van der Waals surface area contributed by atoms with Gasteiger partial charge in [-0.15, -0.1) is 0 Å². The second-order valence-corrected chi connectivity index (χ2v) is 15.8. The number of aromatic amines is 2. The molecule has 0 fully saturated rings. The first-order valence-corrected chi connectivity index (χ1v) is 20.9. The Morgan fingerprint density at radius 2 is 1.29 bits per heavy atom. The van der Waals surface area contributed by atoms with E-state index in [-0.39, 0.29) is 36.7 Å². The fourth-order valence-electron chi connectivity index (χ4n) is 6.60. The molecule has 58 heavy (non-hydrogen) atoms. The fourth-order valence-corrected chi connectivity index (χ4v) is 8.42. The number of carbonyl (C=O) groups excluding carboxylic acids is 4. The molecule has 8 N–H and O–H groups in total. The predicted octanol–water partition coefficient (Wildman–Crippen LogP) is 3.65. The van der Waals surface area contributed by atoms with Gasteiger partial charge in [0.1, 0.15) is 0 Å². The van der Waals surface area contributed by atoms with Crippen molar-refractivity contribution in [3.8, 4) is 34.3 Å². The number of fused-ring (bicyclic) bond motifs is 2. The third-order valence-corrected chi connectivity index (χ3v) is 11.7. The van der Waals surface area contributed by atoms with Gasteiger partial charge < -0.3 is 36.1 Å². The number of hydrogen-bond donors (Lipinski definition) is 7. The van der Waals surface area contributed by atoms with Crippen LogP contribution < -0.4 is 20.5 Å². The average Bonchev–Trinajstić information content (AvgIpc) is 3.98. The molecule has 14 nitrogen and oxygen atoms in total. The van der Waals surface area contributed by atoms with Crippen LogP contribution in [0.2, 0.25) is 0 Å². The summed E-state index contributed by atoms with van der Waals surface area (Å²) < 4.78 is 1.72. The maximum absolute atomic E-state index is 12.9. The number of rotatable bonds is 17. The quantitative estimate of drug-likeness (QED) is 0.0318. The van der Waals surface area contributed by atoms with Crippen LogP contribution in [0, 0.1) is 0 Å². The van der Waals surface area contributed by atoms with Crippen LogP contribution in [-0.2, 0) is 16.1 Å². The fraction of sp³-hybridized carbons (Fsp3) is 0.167. The van der Waals surface area contributed by atoms with E-state index in [9.17, 15) is 29.4 Å². The van der Waals surface area contributed by atoms with Gasteiger partial charge in [-0.25, -0.2) is 9.98 Å². The lowest BCUT2D eigenvalue weighted by Crippen LogP contribution is -2.81. The molecule has 0 atom stereocenters. The number of aromatic hydroxyl groups is 2. The molecule has 3 aromatic heterocycles. The molecule has 0 saturated carbocycles. The van der Waals surface area contributed by atoms with Gasteiger partial charge in [0.05, 0.1) is 51.3 Å². The number of aromatic nitrogens is 3. The molecule has 0 radical (unpaired) electrons. The summed E-state index contributed by atoms with van der Waals surface area (Å²) in [6, 6.07) is 22.1. The second kappa shape index (κ2) is 18.2. The van der Waals surface area contributed by atoms with E-state index in [2.05, 4.69) is 30.6 Å². The number of nitrogens with one attached hydrogen (secondary N) is 4. The van der Waals surface area contributed by atoms with E-state index < -0.39 is 11.8 Å². The van der Waals surface area contributed by atoms with E-state index >= 15 is 0 Å². The van der Waals surface area contributed by atoms with Crippen molar-refractivity contribution in [2.24, 2.45) is 9.98 Å². The Balaban J connectivity index is 0.771. The summed E-state index contributed by atoms with van der Waals surface area (Å²) in [5.41, 5.74) is 6.03. The Morgan fingerprint density at radius 3 is 1.90 bits per heavy atom. The van der Waals surface area contributed by atoms with Crippen LogP contribution in [-0.4, -0.2) is 86.4 Å². The Labute approximate surface area is 341 Å². The highest BCUT2D eigenvalue weighted by molar-refractivity contribution is 8.76. The lowest BCUT2D eigenvalue weighted by Gasteiger charge is -2.05. The van der Waals surface area contributed by atoms with Crippen LogP contribution in [0.15, 0.2) is 119 Å². The SMILES string of the molecule is C/C=C(\C=C/[NH2+]CC(=O)NCCSSCCNC(=O)C[n+]1ccc(C2=NC(=O)c3c(-c4ccccc4)[nH]c(O)c32)cc1)C1=NC(=O)c2c(-c3ccccc3)[nH]c(O)c21. The van der Waals surface area contributed by atoms with E-state index in [0.29, 0.717) is 80.8 Å². The molecule has 0 bridgehead atoms. The van der Waals surface area contributed by atoms with Gasteiger partial charge in [-0.05, 0) is 18.1 Å². The standard InChI is InChI=1S/C42H38N8O6S2/c1-2-25(35-31-32(40(54)46-35)36(47-39(31)53)26-9-5-3-6-10-26)13-16-43-23-29(51)44-17-21-57-58-22-18-45-30(52)24-50-19-14-28(15-20-50)38-34-33(41(55)49-38)37(48-42(34)56)27-11-7-4-8-12-27/h2-16,19-20,43H,17-18,21-24H2,1H3,(H5,44,45,46,47,48,49,51,52,53,54,55,56)/p+2/b16-13-,25-2+. The van der Waals surface area contributed by atoms with Crippen LogP contribution >= 0.6 is 21.6 Å². The summed E-state index contributed by atoms with van der Waals surface area (Å²) in [6.07, 6.45) is 8.75. The van der Waals surface area contributed by atoms with Gasteiger partial charge in [0.25, 0.3) is 23.6 Å². The van der Waals surface area contributed by atoms with Crippen molar-refractivity contribution in [2.75, 3.05) is 31.1 Å². The van der Waals surface area contributed by atoms with Gasteiger partial charge in [0.15, 0.2) is 30.7 Å². The molecule has 5 aromatic rings. The normalized spacial score (nSPS) is 13.4. The average molecular weight is 817 g/mol. The van der Waals surface area contributed by atoms with Crippen molar-refractivity contribution in [1.82, 2.24) is 20.6 Å². The molecule has 4 amide bonds. The molecular weight excluding hydrogens is 777 g/mol. The van der Waals surface area contributed by atoms with Crippen LogP contribution in [0.25, 0.3) is 22.5 Å². The van der Waals surface area contributed by atoms with Crippen LogP contribution in [0.5, 0.6) is 11.8 Å². The number of H-pyrrole nitrogens is 2. The zero-order chi connectivity index (χ0) is 40.6. The summed E-state index contributed by atoms with van der Waals surface area (Å²) in [7, 11) is 3.20. The largest absolute Gasteiger partial charge is 0.494 e. The first kappa shape index (κ1) is 39.7. The number of quaternary nitrogens is 1. The van der Waals surface area contributed by atoms with Crippen molar-refractivity contribution in [3.63, 3.8) is 0 Å². The van der Waals surface area contributed by atoms with E-state index in [1.54, 1.807) is 74.4 Å². The number of nitrogens with zero attached hydrogens (tertiary/aromatic N) is 3. The lowest BCUT2D eigenvalue weighted by molar-refractivity contribution is -0.684. The molecule has 0 aliphatic carbocycles. The molecule has 294 valence electrons. The van der Waals surface area contributed by atoms with Crippen molar-refractivity contribution < 1.29 is 39.3 Å². The third kappa shape index (κ3) is 8.73. The van der Waals surface area contributed by atoms with Crippen molar-refractivity contribution in [3.05, 3.63) is 137 Å². The zero-order valence-corrected chi connectivity index (χ0v) is 33.0. The Kier molecular flexibility index (Phi) is 12.5. The first-order chi connectivity index (χ1) is 28.2. The Hall–Kier alpha value is -6.49. The molecule has 7 rings (SSSR count). The van der Waals surface area contributed by atoms with E-state index in [1.165, 1.54) is 0 Å². The number of benzene rings is 2. The van der Waals surface area contributed by atoms with E-state index in [0.717, 1.165) is 11.1 Å². The van der Waals surface area contributed by atoms with Crippen LogP contribution in [0.3, 0.4) is 0 Å². The Morgan fingerprint density at radius 1 is 0.741 bits per heavy atom. The summed E-state index contributed by atoms with van der Waals surface area (Å²) in [6.45, 7) is 3.07. The first-order valence-electron chi connectivity index (χ1n) is 18.4. The number of hydrogen-bond acceptors (Lipinski definition) is 8. The maximum atomic E-state index is 12.9. The highest BCUT2D eigenvalue weighted by Crippen LogP contribution is 2.39. The number of carbonyl (C=O) groups is 4. The van der Waals surface area contributed by atoms with E-state index in [4.69, 9.17) is 0 Å². The lowest BCUT2D eigenvalue weighted by atomic mass is 10.00. The minimum absolute atomic E-state index is 0.109. The van der Waals surface area contributed by atoms with Crippen molar-refractivity contribution in [2.45, 2.75) is 13.5 Å². The molecular formula is C42H40N8O6S2+2. The predicted molar refractivity (Wildman–Crippen MR) is 224 cm³/mol. The number of amides is 4. The van der Waals surface area contributed by atoms with Crippen molar-refractivity contribution in [1.29, 1.82) is 0 Å². The van der Waals surface area contributed by atoms with Crippen LogP contribution in [0.1, 0.15) is 44.3 Å². The number of pyridine rings is 1. The molecule has 5 heterocycles. The maximum Gasteiger partial charge on any atom is 0.286 e. The minimum Gasteiger partial charge on any atom is -0.494 e. The second-order valence-electron chi connectivity index (χ2n) is 13.1. The molecule has 0 unspecified atom stereocenters. The third-order valence-electron chi connectivity index (χ3n) is 9.30. The smallest absolute Gasteiger partial charge is 0.286 e. The molecule has 2 aliphatic rings. The molecule has 16 heteroatoms. The van der Waals surface area contributed by atoms with Gasteiger partial charge in [-0.2, -0.15) is 4.57 Å². The topological polar surface area (TPSA) is 210 Å². The summed E-state index contributed by atoms with van der Waals surface area (Å²) in [5.74, 6) is 0.00813. The summed E-state index contributed by atoms with van der Waals surface area (Å²) >= 11 is 0. The Bertz CT molecular complexity index is 2490. The summed E-state index contributed by atoms with van der Waals surface area (Å²) in [4.78, 5) is 64.9. The highest BCUT2D eigenvalue weighted by Gasteiger charge is 2.35. The van der Waals surface area contributed by atoms with Gasteiger partial charge in [-0.3, -0.25) is 19.2 Å². The molecule has 0 saturated heterocycles. The van der Waals surface area contributed by atoms with Gasteiger partial charge >= 0.3 is 0 Å². The molecule has 2 aliphatic heterocycles. The molecule has 2 aromatic carbocycles. The highest BCUT2D eigenvalue weighted by atomic mass is 33.1. The number of aliphatic imine (C=N–C) groups is 2. The monoisotopic (exact) mass is 816 g/mol. The van der Waals surface area contributed by atoms with Crippen molar-refractivity contribution >= 4 is 56.6 Å². The number of allylic oxidation sites excluding steroid dienone is 3. The number of nitrogens with two attached hydrogens (primary N) is 1. The van der Waals surface area contributed by atoms with E-state index in [1.807, 2.05) is 67.6 Å². The van der Waals surface area contributed by atoms with Gasteiger partial charge in [0, 0.05) is 53.9 Å².